The highest BCUT2D eigenvalue weighted by atomic mass is 16.5. The van der Waals surface area contributed by atoms with Gasteiger partial charge in [-0.3, -0.25) is 10.7 Å². The number of hydrogen-bond donors (Lipinski definition) is 2. The molecule has 0 bridgehead atoms. The Balaban J connectivity index is 2.95. The quantitative estimate of drug-likeness (QED) is 0.442. The summed E-state index contributed by atoms with van der Waals surface area (Å²) < 4.78 is 11.0. The lowest BCUT2D eigenvalue weighted by molar-refractivity contribution is 0.310. The Hall–Kier alpha value is -1.30. The van der Waals surface area contributed by atoms with Crippen LogP contribution in [-0.2, 0) is 6.42 Å². The zero-order valence-corrected chi connectivity index (χ0v) is 12.5. The van der Waals surface area contributed by atoms with Gasteiger partial charge in [-0.1, -0.05) is 0 Å². The fourth-order valence-corrected chi connectivity index (χ4v) is 2.16. The molecule has 0 aromatic heterocycles. The van der Waals surface area contributed by atoms with Crippen LogP contribution in [0.5, 0.6) is 11.5 Å². The molecule has 0 atom stereocenters. The summed E-state index contributed by atoms with van der Waals surface area (Å²) in [6.45, 7) is 5.66. The van der Waals surface area contributed by atoms with Crippen molar-refractivity contribution in [2.24, 2.45) is 5.84 Å². The van der Waals surface area contributed by atoms with Crippen molar-refractivity contribution < 1.29 is 9.47 Å². The number of nitrogens with zero attached hydrogens (tertiary/aromatic N) is 1. The predicted molar refractivity (Wildman–Crippen MR) is 77.5 cm³/mol. The normalized spacial score (nSPS) is 10.9. The van der Waals surface area contributed by atoms with Gasteiger partial charge >= 0.3 is 0 Å². The number of nitrogens with two attached hydrogens (primary N) is 1. The van der Waals surface area contributed by atoms with Gasteiger partial charge in [-0.05, 0) is 50.1 Å². The van der Waals surface area contributed by atoms with Crippen molar-refractivity contribution in [3.8, 4) is 11.5 Å². The molecule has 108 valence electrons. The monoisotopic (exact) mass is 267 g/mol. The number of benzene rings is 1. The number of rotatable bonds is 7. The van der Waals surface area contributed by atoms with E-state index in [1.807, 2.05) is 14.0 Å². The van der Waals surface area contributed by atoms with E-state index in [0.29, 0.717) is 6.67 Å². The molecule has 0 radical (unpaired) electrons. The smallest absolute Gasteiger partial charge is 0.125 e. The van der Waals surface area contributed by atoms with Crippen LogP contribution in [0.3, 0.4) is 0 Å². The number of methoxy groups -OCH3 is 2. The standard InChI is InChI=1S/C14H25N3O2/c1-10-11(2)14(19-5)12(8-13(10)18-4)6-7-17(3)9-16-15/h8,16H,6-7,9,15H2,1-5H3. The minimum atomic E-state index is 0.657. The first kappa shape index (κ1) is 15.8. The van der Waals surface area contributed by atoms with Crippen LogP contribution in [0.2, 0.25) is 0 Å². The van der Waals surface area contributed by atoms with E-state index in [2.05, 4.69) is 23.3 Å². The Morgan fingerprint density at radius 3 is 2.42 bits per heavy atom. The van der Waals surface area contributed by atoms with Gasteiger partial charge in [0.1, 0.15) is 11.5 Å². The Kier molecular flexibility index (Phi) is 6.08. The van der Waals surface area contributed by atoms with Gasteiger partial charge in [-0.25, -0.2) is 5.43 Å². The van der Waals surface area contributed by atoms with Crippen molar-refractivity contribution in [1.82, 2.24) is 10.3 Å². The van der Waals surface area contributed by atoms with Crippen molar-refractivity contribution >= 4 is 0 Å². The SMILES string of the molecule is COc1cc(CCN(C)CNN)c(OC)c(C)c1C. The lowest BCUT2D eigenvalue weighted by atomic mass is 10.0. The average Bonchev–Trinajstić information content (AvgIpc) is 2.40. The molecule has 0 aliphatic heterocycles. The molecule has 0 amide bonds. The van der Waals surface area contributed by atoms with Crippen molar-refractivity contribution in [2.45, 2.75) is 20.3 Å². The number of hydrogen-bond acceptors (Lipinski definition) is 5. The molecule has 0 saturated heterocycles. The van der Waals surface area contributed by atoms with Crippen LogP contribution in [0, 0.1) is 13.8 Å². The molecule has 0 aliphatic rings. The summed E-state index contributed by atoms with van der Waals surface area (Å²) in [4.78, 5) is 2.11. The Morgan fingerprint density at radius 2 is 1.89 bits per heavy atom. The van der Waals surface area contributed by atoms with Crippen LogP contribution in [0.25, 0.3) is 0 Å². The van der Waals surface area contributed by atoms with E-state index in [1.165, 1.54) is 0 Å². The van der Waals surface area contributed by atoms with Crippen molar-refractivity contribution in [3.63, 3.8) is 0 Å². The van der Waals surface area contributed by atoms with Crippen molar-refractivity contribution in [3.05, 3.63) is 22.8 Å². The van der Waals surface area contributed by atoms with E-state index < -0.39 is 0 Å². The lowest BCUT2D eigenvalue weighted by Gasteiger charge is -2.19. The summed E-state index contributed by atoms with van der Waals surface area (Å²) >= 11 is 0. The fourth-order valence-electron chi connectivity index (χ4n) is 2.16. The summed E-state index contributed by atoms with van der Waals surface area (Å²) in [7, 11) is 5.43. The first-order chi connectivity index (χ1) is 9.04. The molecule has 1 aromatic rings. The molecular weight excluding hydrogens is 242 g/mol. The summed E-state index contributed by atoms with van der Waals surface area (Å²) in [5.74, 6) is 7.17. The largest absolute Gasteiger partial charge is 0.496 e. The minimum absolute atomic E-state index is 0.657. The molecule has 0 spiro atoms. The van der Waals surface area contributed by atoms with Crippen molar-refractivity contribution in [1.29, 1.82) is 0 Å². The first-order valence-corrected chi connectivity index (χ1v) is 6.38. The molecule has 1 rings (SSSR count). The van der Waals surface area contributed by atoms with Crippen LogP contribution < -0.4 is 20.7 Å². The molecule has 5 heteroatoms. The van der Waals surface area contributed by atoms with Gasteiger partial charge in [-0.2, -0.15) is 0 Å². The van der Waals surface area contributed by atoms with Gasteiger partial charge in [-0.15, -0.1) is 0 Å². The predicted octanol–water partition coefficient (Wildman–Crippen LogP) is 1.22. The number of hydrazine groups is 1. The van der Waals surface area contributed by atoms with E-state index in [9.17, 15) is 0 Å². The second kappa shape index (κ2) is 7.33. The maximum absolute atomic E-state index is 5.53. The number of likely N-dealkylation sites (N-methyl/N-ethyl adjacent to an activating group) is 1. The highest BCUT2D eigenvalue weighted by Gasteiger charge is 2.14. The van der Waals surface area contributed by atoms with Gasteiger partial charge in [0, 0.05) is 6.54 Å². The molecule has 19 heavy (non-hydrogen) atoms. The summed E-state index contributed by atoms with van der Waals surface area (Å²) in [6.07, 6.45) is 0.888. The third kappa shape index (κ3) is 3.83. The van der Waals surface area contributed by atoms with Gasteiger partial charge in [0.25, 0.3) is 0 Å². The van der Waals surface area contributed by atoms with Crippen LogP contribution >= 0.6 is 0 Å². The molecular formula is C14H25N3O2. The molecule has 5 nitrogen and oxygen atoms in total. The molecule has 3 N–H and O–H groups in total. The highest BCUT2D eigenvalue weighted by molar-refractivity contribution is 5.52. The maximum atomic E-state index is 5.53. The number of ether oxygens (including phenoxy) is 2. The van der Waals surface area contributed by atoms with Crippen LogP contribution in [-0.4, -0.2) is 39.4 Å². The summed E-state index contributed by atoms with van der Waals surface area (Å²) in [5.41, 5.74) is 6.06. The van der Waals surface area contributed by atoms with Crippen LogP contribution in [0.1, 0.15) is 16.7 Å². The third-order valence-electron chi connectivity index (χ3n) is 3.42. The average molecular weight is 267 g/mol. The van der Waals surface area contributed by atoms with Gasteiger partial charge < -0.3 is 9.47 Å². The minimum Gasteiger partial charge on any atom is -0.496 e. The van der Waals surface area contributed by atoms with E-state index in [-0.39, 0.29) is 0 Å². The van der Waals surface area contributed by atoms with E-state index in [0.717, 1.165) is 41.2 Å². The molecule has 0 saturated carbocycles. The molecule has 0 aliphatic carbocycles. The second-order valence-electron chi connectivity index (χ2n) is 4.71. The lowest BCUT2D eigenvalue weighted by Crippen LogP contribution is -2.36. The first-order valence-electron chi connectivity index (χ1n) is 6.38. The van der Waals surface area contributed by atoms with Crippen LogP contribution in [0.15, 0.2) is 6.07 Å². The maximum Gasteiger partial charge on any atom is 0.125 e. The molecule has 1 aromatic carbocycles. The summed E-state index contributed by atoms with van der Waals surface area (Å²) in [6, 6.07) is 2.06. The third-order valence-corrected chi connectivity index (χ3v) is 3.42. The van der Waals surface area contributed by atoms with E-state index in [4.69, 9.17) is 15.3 Å². The molecule has 0 fully saturated rings. The molecule has 0 heterocycles. The van der Waals surface area contributed by atoms with Gasteiger partial charge in [0.15, 0.2) is 0 Å². The van der Waals surface area contributed by atoms with Gasteiger partial charge in [0.2, 0.25) is 0 Å². The Labute approximate surface area is 115 Å². The Morgan fingerprint density at radius 1 is 1.21 bits per heavy atom. The summed E-state index contributed by atoms with van der Waals surface area (Å²) in [5, 5.41) is 0. The second-order valence-corrected chi connectivity index (χ2v) is 4.71. The van der Waals surface area contributed by atoms with E-state index in [1.54, 1.807) is 14.2 Å². The van der Waals surface area contributed by atoms with Gasteiger partial charge in [0.05, 0.1) is 20.9 Å². The molecule has 0 unspecified atom stereocenters. The zero-order chi connectivity index (χ0) is 14.4. The Bertz CT molecular complexity index is 422. The topological polar surface area (TPSA) is 59.8 Å². The van der Waals surface area contributed by atoms with E-state index >= 15 is 0 Å². The van der Waals surface area contributed by atoms with Crippen molar-refractivity contribution in [2.75, 3.05) is 34.5 Å². The fraction of sp³-hybridized carbons (Fsp3) is 0.571. The highest BCUT2D eigenvalue weighted by Crippen LogP contribution is 2.33. The zero-order valence-electron chi connectivity index (χ0n) is 12.5. The number of nitrogens with one attached hydrogen (secondary N) is 1. The van der Waals surface area contributed by atoms with Crippen LogP contribution in [0.4, 0.5) is 0 Å².